The SMILES string of the molecule is COc1cccc2[nH]c(C(=O)NCCC(=O)NCc3cc(=O)n(C)c(=O)n3C)cc12. The second kappa shape index (κ2) is 8.68. The van der Waals surface area contributed by atoms with Crippen LogP contribution in [0.4, 0.5) is 0 Å². The van der Waals surface area contributed by atoms with Gasteiger partial charge in [0.1, 0.15) is 11.4 Å². The van der Waals surface area contributed by atoms with E-state index in [4.69, 9.17) is 4.74 Å². The van der Waals surface area contributed by atoms with Gasteiger partial charge in [0.2, 0.25) is 5.91 Å². The number of methoxy groups -OCH3 is 1. The molecule has 0 aliphatic rings. The van der Waals surface area contributed by atoms with Crippen molar-refractivity contribution >= 4 is 22.7 Å². The molecule has 3 rings (SSSR count). The monoisotopic (exact) mass is 413 g/mol. The second-order valence-electron chi connectivity index (χ2n) is 6.76. The molecule has 0 bridgehead atoms. The van der Waals surface area contributed by atoms with Crippen LogP contribution in [0, 0.1) is 0 Å². The van der Waals surface area contributed by atoms with Gasteiger partial charge in [0.15, 0.2) is 0 Å². The summed E-state index contributed by atoms with van der Waals surface area (Å²) in [6.45, 7) is 0.170. The average molecular weight is 413 g/mol. The number of hydrogen-bond acceptors (Lipinski definition) is 5. The lowest BCUT2D eigenvalue weighted by molar-refractivity contribution is -0.121. The zero-order chi connectivity index (χ0) is 21.8. The third kappa shape index (κ3) is 4.27. The molecule has 0 atom stereocenters. The second-order valence-corrected chi connectivity index (χ2v) is 6.76. The number of nitrogens with zero attached hydrogens (tertiary/aromatic N) is 2. The van der Waals surface area contributed by atoms with Gasteiger partial charge in [-0.3, -0.25) is 23.5 Å². The first-order valence-corrected chi connectivity index (χ1v) is 9.28. The van der Waals surface area contributed by atoms with Gasteiger partial charge in [-0.15, -0.1) is 0 Å². The molecule has 3 N–H and O–H groups in total. The highest BCUT2D eigenvalue weighted by atomic mass is 16.5. The van der Waals surface area contributed by atoms with Gasteiger partial charge in [-0.1, -0.05) is 6.07 Å². The number of fused-ring (bicyclic) bond motifs is 1. The number of benzene rings is 1. The van der Waals surface area contributed by atoms with Crippen LogP contribution in [0.15, 0.2) is 39.9 Å². The van der Waals surface area contributed by atoms with Gasteiger partial charge in [-0.05, 0) is 18.2 Å². The van der Waals surface area contributed by atoms with E-state index in [2.05, 4.69) is 15.6 Å². The van der Waals surface area contributed by atoms with E-state index >= 15 is 0 Å². The normalized spacial score (nSPS) is 10.8. The number of aromatic amines is 1. The third-order valence-corrected chi connectivity index (χ3v) is 4.82. The molecule has 0 fully saturated rings. The lowest BCUT2D eigenvalue weighted by Gasteiger charge is -2.10. The largest absolute Gasteiger partial charge is 0.496 e. The van der Waals surface area contributed by atoms with Gasteiger partial charge in [0.25, 0.3) is 11.5 Å². The topological polar surface area (TPSA) is 127 Å². The van der Waals surface area contributed by atoms with Crippen LogP contribution in [-0.4, -0.2) is 39.6 Å². The Balaban J connectivity index is 1.53. The van der Waals surface area contributed by atoms with Crippen LogP contribution in [-0.2, 0) is 25.4 Å². The molecule has 30 heavy (non-hydrogen) atoms. The fourth-order valence-electron chi connectivity index (χ4n) is 3.04. The molecule has 0 saturated carbocycles. The summed E-state index contributed by atoms with van der Waals surface area (Å²) < 4.78 is 7.57. The zero-order valence-corrected chi connectivity index (χ0v) is 16.9. The Kier molecular flexibility index (Phi) is 6.05. The molecule has 0 aliphatic carbocycles. The van der Waals surface area contributed by atoms with Gasteiger partial charge in [0.05, 0.1) is 13.7 Å². The average Bonchev–Trinajstić information content (AvgIpc) is 3.18. The van der Waals surface area contributed by atoms with Crippen molar-refractivity contribution in [3.63, 3.8) is 0 Å². The molecule has 2 amide bonds. The molecule has 10 nitrogen and oxygen atoms in total. The van der Waals surface area contributed by atoms with Crippen LogP contribution < -0.4 is 26.6 Å². The molecule has 2 aromatic heterocycles. The summed E-state index contributed by atoms with van der Waals surface area (Å²) in [6, 6.07) is 8.46. The van der Waals surface area contributed by atoms with Crippen molar-refractivity contribution in [3.05, 3.63) is 62.6 Å². The van der Waals surface area contributed by atoms with Crippen LogP contribution in [0.5, 0.6) is 5.75 Å². The number of carbonyl (C=O) groups is 2. The maximum atomic E-state index is 12.3. The predicted molar refractivity (Wildman–Crippen MR) is 111 cm³/mol. The fraction of sp³-hybridized carbons (Fsp3) is 0.300. The molecule has 0 radical (unpaired) electrons. The van der Waals surface area contributed by atoms with Gasteiger partial charge in [-0.25, -0.2) is 4.79 Å². The fourth-order valence-corrected chi connectivity index (χ4v) is 3.04. The standard InChI is InChI=1S/C20H23N5O5/c1-24-12(9-18(27)25(2)20(24)29)11-22-17(26)7-8-21-19(28)15-10-13-14(23-15)5-4-6-16(13)30-3/h4-6,9-10,23H,7-8,11H2,1-3H3,(H,21,28)(H,22,26). The van der Waals surface area contributed by atoms with Crippen molar-refractivity contribution in [2.24, 2.45) is 14.1 Å². The number of nitrogens with one attached hydrogen (secondary N) is 3. The minimum absolute atomic E-state index is 0.0381. The van der Waals surface area contributed by atoms with E-state index < -0.39 is 11.2 Å². The zero-order valence-electron chi connectivity index (χ0n) is 16.9. The summed E-state index contributed by atoms with van der Waals surface area (Å²) in [5.41, 5.74) is 0.632. The number of ether oxygens (including phenoxy) is 1. The van der Waals surface area contributed by atoms with E-state index in [1.807, 2.05) is 12.1 Å². The Bertz CT molecular complexity index is 1220. The summed E-state index contributed by atoms with van der Waals surface area (Å²) in [5.74, 6) is 0.00377. The Labute approximate surface area is 171 Å². The highest BCUT2D eigenvalue weighted by Gasteiger charge is 2.13. The quantitative estimate of drug-likeness (QED) is 0.503. The molecule has 3 aromatic rings. The number of H-pyrrole nitrogens is 1. The van der Waals surface area contributed by atoms with E-state index in [1.165, 1.54) is 24.7 Å². The highest BCUT2D eigenvalue weighted by Crippen LogP contribution is 2.25. The maximum absolute atomic E-state index is 12.3. The smallest absolute Gasteiger partial charge is 0.330 e. The van der Waals surface area contributed by atoms with E-state index in [9.17, 15) is 19.2 Å². The molecule has 158 valence electrons. The number of rotatable bonds is 7. The minimum atomic E-state index is -0.464. The first-order valence-electron chi connectivity index (χ1n) is 9.28. The lowest BCUT2D eigenvalue weighted by Crippen LogP contribution is -2.39. The summed E-state index contributed by atoms with van der Waals surface area (Å²) in [4.78, 5) is 51.0. The summed E-state index contributed by atoms with van der Waals surface area (Å²) in [6.07, 6.45) is 0.0497. The molecule has 0 spiro atoms. The van der Waals surface area contributed by atoms with E-state index in [-0.39, 0.29) is 31.3 Å². The van der Waals surface area contributed by atoms with Crippen LogP contribution in [0.25, 0.3) is 10.9 Å². The molecule has 0 saturated heterocycles. The number of amides is 2. The van der Waals surface area contributed by atoms with Crippen LogP contribution >= 0.6 is 0 Å². The van der Waals surface area contributed by atoms with Crippen LogP contribution in [0.2, 0.25) is 0 Å². The molecule has 10 heteroatoms. The highest BCUT2D eigenvalue weighted by molar-refractivity contribution is 5.99. The minimum Gasteiger partial charge on any atom is -0.496 e. The van der Waals surface area contributed by atoms with Gasteiger partial charge < -0.3 is 20.4 Å². The summed E-state index contributed by atoms with van der Waals surface area (Å²) in [5, 5.41) is 6.12. The van der Waals surface area contributed by atoms with Crippen LogP contribution in [0.1, 0.15) is 22.6 Å². The first-order chi connectivity index (χ1) is 14.3. The molecule has 1 aromatic carbocycles. The Hall–Kier alpha value is -3.82. The Morgan fingerprint density at radius 3 is 2.60 bits per heavy atom. The summed E-state index contributed by atoms with van der Waals surface area (Å²) >= 11 is 0. The molecule has 0 aliphatic heterocycles. The molecule has 0 unspecified atom stereocenters. The summed E-state index contributed by atoms with van der Waals surface area (Å²) in [7, 11) is 4.48. The maximum Gasteiger partial charge on any atom is 0.330 e. The van der Waals surface area contributed by atoms with Crippen molar-refractivity contribution in [2.45, 2.75) is 13.0 Å². The van der Waals surface area contributed by atoms with Crippen molar-refractivity contribution < 1.29 is 14.3 Å². The molecular weight excluding hydrogens is 390 g/mol. The van der Waals surface area contributed by atoms with E-state index in [1.54, 1.807) is 19.2 Å². The van der Waals surface area contributed by atoms with Crippen molar-refractivity contribution in [2.75, 3.05) is 13.7 Å². The Morgan fingerprint density at radius 2 is 1.87 bits per heavy atom. The number of hydrogen-bond donors (Lipinski definition) is 3. The van der Waals surface area contributed by atoms with Crippen molar-refractivity contribution in [1.29, 1.82) is 0 Å². The van der Waals surface area contributed by atoms with E-state index in [0.717, 1.165) is 15.5 Å². The third-order valence-electron chi connectivity index (χ3n) is 4.82. The van der Waals surface area contributed by atoms with Crippen molar-refractivity contribution in [1.82, 2.24) is 24.8 Å². The van der Waals surface area contributed by atoms with Crippen molar-refractivity contribution in [3.8, 4) is 5.75 Å². The number of aromatic nitrogens is 3. The predicted octanol–water partition coefficient (Wildman–Crippen LogP) is 0.0102. The van der Waals surface area contributed by atoms with Gasteiger partial charge >= 0.3 is 5.69 Å². The Morgan fingerprint density at radius 1 is 1.10 bits per heavy atom. The first kappa shape index (κ1) is 20.9. The van der Waals surface area contributed by atoms with Crippen LogP contribution in [0.3, 0.4) is 0 Å². The van der Waals surface area contributed by atoms with E-state index in [0.29, 0.717) is 17.1 Å². The lowest BCUT2D eigenvalue weighted by atomic mass is 10.2. The van der Waals surface area contributed by atoms with Gasteiger partial charge in [0, 0.05) is 49.7 Å². The molecule has 2 heterocycles. The molecular formula is C20H23N5O5. The van der Waals surface area contributed by atoms with Gasteiger partial charge in [-0.2, -0.15) is 0 Å². The number of carbonyl (C=O) groups excluding carboxylic acids is 2.